The summed E-state index contributed by atoms with van der Waals surface area (Å²) in [5, 5.41) is 27.4. The summed E-state index contributed by atoms with van der Waals surface area (Å²) in [6.07, 6.45) is 3.62. The Kier molecular flexibility index (Phi) is 15.1. The van der Waals surface area contributed by atoms with E-state index in [4.69, 9.17) is 9.47 Å². The zero-order valence-corrected chi connectivity index (χ0v) is 41.3. The predicted octanol–water partition coefficient (Wildman–Crippen LogP) is 6.29. The third kappa shape index (κ3) is 10.7. The van der Waals surface area contributed by atoms with E-state index in [2.05, 4.69) is 46.2 Å². The highest BCUT2D eigenvalue weighted by Crippen LogP contribution is 2.44. The number of cyclic esters (lactones) is 1. The van der Waals surface area contributed by atoms with Gasteiger partial charge < -0.3 is 34.3 Å². The maximum Gasteiger partial charge on any atom is 0.324 e. The van der Waals surface area contributed by atoms with E-state index in [1.165, 1.54) is 16.0 Å². The van der Waals surface area contributed by atoms with E-state index in [0.29, 0.717) is 56.4 Å². The number of carbonyl (C=O) groups excluding carboxylic acids is 5. The van der Waals surface area contributed by atoms with Crippen molar-refractivity contribution in [1.29, 1.82) is 5.26 Å². The summed E-state index contributed by atoms with van der Waals surface area (Å²) in [5.41, 5.74) is 8.18. The average Bonchev–Trinajstić information content (AvgIpc) is 3.95. The fraction of sp³-hybridized carbons (Fsp3) is 0.481. The van der Waals surface area contributed by atoms with Crippen LogP contribution in [0.15, 0.2) is 73.3 Å². The first kappa shape index (κ1) is 50.4. The standard InChI is InChI=1S/C54H67N7O8/c1-10-46(63)59-22-19-37(30-59)50(65)58(8)47(33(2)3)49(64)56-44-26-34-24-38(27-39(62)25-34)36-17-18-45-41(28-36)42(29-53(4,5)32-69-52(67)43-16-13-21-60(57-43)51(44)66)48(61(45)54(6,7)31-55)40-15-12-11-14-35(40)20-23-68-9/h10-12,14-15,17-18,24-25,27-28,33,37,43-44,47,57,62H,1,13,16,19-23,26,29-30,32H2,2-9H3,(H,56,64)/t37-,43-,44-,47?/m0/s1. The largest absolute Gasteiger partial charge is 0.508 e. The molecule has 2 fully saturated rings. The summed E-state index contributed by atoms with van der Waals surface area (Å²) >= 11 is 0. The molecular weight excluding hydrogens is 875 g/mol. The molecule has 3 aromatic carbocycles. The lowest BCUT2D eigenvalue weighted by atomic mass is 9.83. The SMILES string of the molecule is C=CC(=O)N1CC[C@H](C(=O)N(C)C(C(=O)N[C@H]2Cc3cc(O)cc(c3)-c3ccc4c(c3)c(c(-c3ccccc3CCOC)n4C(C)(C)C#N)CC(C)(C)COC(=O)[C@@H]3CCCN(N3)C2=O)C(C)C)C1. The number of hydrogen-bond acceptors (Lipinski definition) is 10. The number of phenols is 1. The van der Waals surface area contributed by atoms with Crippen LogP contribution in [-0.2, 0) is 58.2 Å². The molecule has 0 saturated carbocycles. The summed E-state index contributed by atoms with van der Waals surface area (Å²) in [7, 11) is 3.25. The number of amides is 4. The number of likely N-dealkylation sites (tertiary alicyclic amines) is 1. The van der Waals surface area contributed by atoms with Crippen molar-refractivity contribution in [1.82, 2.24) is 30.1 Å². The monoisotopic (exact) mass is 942 g/mol. The Labute approximate surface area is 405 Å². The highest BCUT2D eigenvalue weighted by molar-refractivity contribution is 5.97. The highest BCUT2D eigenvalue weighted by atomic mass is 16.5. The quantitative estimate of drug-likeness (QED) is 0.114. The van der Waals surface area contributed by atoms with E-state index in [1.807, 2.05) is 71.9 Å². The van der Waals surface area contributed by atoms with Gasteiger partial charge in [0.1, 0.15) is 29.4 Å². The van der Waals surface area contributed by atoms with Crippen molar-refractivity contribution < 1.29 is 38.6 Å². The summed E-state index contributed by atoms with van der Waals surface area (Å²) in [6, 6.07) is 18.8. The first-order chi connectivity index (χ1) is 32.8. The number of rotatable bonds is 11. The van der Waals surface area contributed by atoms with Crippen LogP contribution < -0.4 is 10.7 Å². The van der Waals surface area contributed by atoms with E-state index in [1.54, 1.807) is 31.2 Å². The van der Waals surface area contributed by atoms with E-state index in [9.17, 15) is 34.3 Å². The molecule has 0 aliphatic carbocycles. The van der Waals surface area contributed by atoms with E-state index in [-0.39, 0.29) is 49.6 Å². The zero-order chi connectivity index (χ0) is 49.9. The predicted molar refractivity (Wildman–Crippen MR) is 263 cm³/mol. The summed E-state index contributed by atoms with van der Waals surface area (Å²) < 4.78 is 13.8. The van der Waals surface area contributed by atoms with Crippen LogP contribution in [0.3, 0.4) is 0 Å². The van der Waals surface area contributed by atoms with Gasteiger partial charge in [0.15, 0.2) is 0 Å². The summed E-state index contributed by atoms with van der Waals surface area (Å²) in [6.45, 7) is 16.5. The number of nitriles is 1. The molecule has 3 aliphatic rings. The summed E-state index contributed by atoms with van der Waals surface area (Å²) in [4.78, 5) is 72.6. The molecule has 4 heterocycles. The van der Waals surface area contributed by atoms with Gasteiger partial charge in [-0.05, 0) is 110 Å². The maximum atomic E-state index is 14.8. The number of ether oxygens (including phenoxy) is 2. The Morgan fingerprint density at radius 3 is 2.55 bits per heavy atom. The molecule has 69 heavy (non-hydrogen) atoms. The fourth-order valence-electron chi connectivity index (χ4n) is 10.3. The van der Waals surface area contributed by atoms with Crippen LogP contribution in [0.25, 0.3) is 33.3 Å². The van der Waals surface area contributed by atoms with Crippen LogP contribution in [-0.4, -0.2) is 119 Å². The molecule has 4 aromatic rings. The molecule has 0 radical (unpaired) electrons. The zero-order valence-electron chi connectivity index (χ0n) is 41.3. The molecule has 6 bridgehead atoms. The molecule has 2 saturated heterocycles. The van der Waals surface area contributed by atoms with Gasteiger partial charge >= 0.3 is 5.97 Å². The third-order valence-electron chi connectivity index (χ3n) is 13.8. The van der Waals surface area contributed by atoms with Crippen LogP contribution in [0.1, 0.15) is 77.5 Å². The number of carbonyl (C=O) groups is 5. The van der Waals surface area contributed by atoms with Gasteiger partial charge in [-0.15, -0.1) is 0 Å². The Balaban J connectivity index is 1.34. The van der Waals surface area contributed by atoms with Gasteiger partial charge in [0, 0.05) is 56.6 Å². The lowest BCUT2D eigenvalue weighted by Gasteiger charge is -2.37. The van der Waals surface area contributed by atoms with Gasteiger partial charge in [-0.2, -0.15) is 5.26 Å². The highest BCUT2D eigenvalue weighted by Gasteiger charge is 2.40. The molecule has 1 unspecified atom stereocenters. The molecule has 15 nitrogen and oxygen atoms in total. The second-order valence-electron chi connectivity index (χ2n) is 20.5. The maximum absolute atomic E-state index is 14.8. The molecule has 0 spiro atoms. The van der Waals surface area contributed by atoms with Crippen LogP contribution >= 0.6 is 0 Å². The van der Waals surface area contributed by atoms with Crippen molar-refractivity contribution in [2.45, 2.75) is 104 Å². The summed E-state index contributed by atoms with van der Waals surface area (Å²) in [5.74, 6) is -3.01. The van der Waals surface area contributed by atoms with Crippen LogP contribution in [0.4, 0.5) is 0 Å². The topological polar surface area (TPSA) is 187 Å². The number of nitrogens with one attached hydrogen (secondary N) is 2. The van der Waals surface area contributed by atoms with Gasteiger partial charge in [-0.1, -0.05) is 70.7 Å². The fourth-order valence-corrected chi connectivity index (χ4v) is 10.3. The minimum absolute atomic E-state index is 0.0418. The van der Waals surface area contributed by atoms with E-state index >= 15 is 0 Å². The lowest BCUT2D eigenvalue weighted by Crippen LogP contribution is -2.62. The number of nitrogens with zero attached hydrogens (tertiary/aromatic N) is 5. The Hall–Kier alpha value is -6.50. The Morgan fingerprint density at radius 2 is 1.84 bits per heavy atom. The second-order valence-corrected chi connectivity index (χ2v) is 20.5. The molecule has 4 atom stereocenters. The Bertz CT molecular complexity index is 2680. The van der Waals surface area contributed by atoms with Gasteiger partial charge in [0.05, 0.1) is 36.4 Å². The molecule has 3 N–H and O–H groups in total. The molecule has 3 aliphatic heterocycles. The van der Waals surface area contributed by atoms with Gasteiger partial charge in [-0.3, -0.25) is 29.0 Å². The molecule has 1 aromatic heterocycles. The van der Waals surface area contributed by atoms with Gasteiger partial charge in [0.2, 0.25) is 17.7 Å². The number of hydrogen-bond donors (Lipinski definition) is 3. The number of esters is 1. The molecular formula is C54H67N7O8. The van der Waals surface area contributed by atoms with Crippen molar-refractivity contribution in [2.24, 2.45) is 17.3 Å². The molecule has 15 heteroatoms. The minimum atomic E-state index is -1.19. The van der Waals surface area contributed by atoms with Crippen molar-refractivity contribution >= 4 is 40.5 Å². The number of likely N-dealkylation sites (N-methyl/N-ethyl adjacent to an activating group) is 1. The van der Waals surface area contributed by atoms with Gasteiger partial charge in [-0.25, -0.2) is 5.43 Å². The number of aromatic hydroxyl groups is 1. The van der Waals surface area contributed by atoms with Crippen molar-refractivity contribution in [2.75, 3.05) is 47.0 Å². The second kappa shape index (κ2) is 20.6. The van der Waals surface area contributed by atoms with Crippen LogP contribution in [0.2, 0.25) is 0 Å². The number of hydrazine groups is 1. The number of methoxy groups -OCH3 is 1. The lowest BCUT2D eigenvalue weighted by molar-refractivity contribution is -0.155. The molecule has 4 amide bonds. The minimum Gasteiger partial charge on any atom is -0.508 e. The van der Waals surface area contributed by atoms with Crippen LogP contribution in [0, 0.1) is 28.6 Å². The Morgan fingerprint density at radius 1 is 1.09 bits per heavy atom. The van der Waals surface area contributed by atoms with E-state index < -0.39 is 52.8 Å². The average molecular weight is 942 g/mol. The first-order valence-corrected chi connectivity index (χ1v) is 24.0. The van der Waals surface area contributed by atoms with Crippen molar-refractivity contribution in [3.05, 3.63) is 90.0 Å². The van der Waals surface area contributed by atoms with Crippen molar-refractivity contribution in [3.8, 4) is 34.2 Å². The van der Waals surface area contributed by atoms with E-state index in [0.717, 1.165) is 38.9 Å². The molecule has 366 valence electrons. The van der Waals surface area contributed by atoms with Gasteiger partial charge in [0.25, 0.3) is 5.91 Å². The first-order valence-electron chi connectivity index (χ1n) is 24.0. The number of fused-ring (bicyclic) bond motifs is 6. The third-order valence-corrected chi connectivity index (χ3v) is 13.8. The van der Waals surface area contributed by atoms with Crippen LogP contribution in [0.5, 0.6) is 5.75 Å². The number of benzene rings is 3. The number of phenolic OH excluding ortho intramolecular Hbond substituents is 1. The normalized spacial score (nSPS) is 20.2. The number of aromatic nitrogens is 1. The van der Waals surface area contributed by atoms with Crippen molar-refractivity contribution in [3.63, 3.8) is 0 Å². The smallest absolute Gasteiger partial charge is 0.324 e. The molecule has 7 rings (SSSR count).